The zero-order valence-corrected chi connectivity index (χ0v) is 11.8. The number of ether oxygens (including phenoxy) is 1. The first-order valence-corrected chi connectivity index (χ1v) is 6.44. The summed E-state index contributed by atoms with van der Waals surface area (Å²) in [5.74, 6) is 0.500. The smallest absolute Gasteiger partial charge is 0.408 e. The van der Waals surface area contributed by atoms with E-state index in [2.05, 4.69) is 15.3 Å². The predicted molar refractivity (Wildman–Crippen MR) is 75.3 cm³/mol. The van der Waals surface area contributed by atoms with E-state index in [1.165, 1.54) is 0 Å². The topological polar surface area (TPSA) is 87.2 Å². The van der Waals surface area contributed by atoms with Gasteiger partial charge >= 0.3 is 6.09 Å². The van der Waals surface area contributed by atoms with Crippen LogP contribution in [0.2, 0.25) is 0 Å². The molecule has 108 valence electrons. The Balaban J connectivity index is 2.13. The molecule has 0 unspecified atom stereocenters. The second-order valence-electron chi connectivity index (χ2n) is 5.52. The number of carbonyl (C=O) groups is 1. The summed E-state index contributed by atoms with van der Waals surface area (Å²) < 4.78 is 5.16. The van der Waals surface area contributed by atoms with Crippen molar-refractivity contribution in [2.75, 3.05) is 6.61 Å². The number of nitrogens with one attached hydrogen (secondary N) is 2. The second-order valence-corrected chi connectivity index (χ2v) is 5.52. The number of amides is 1. The van der Waals surface area contributed by atoms with Crippen molar-refractivity contribution in [1.29, 1.82) is 0 Å². The summed E-state index contributed by atoms with van der Waals surface area (Å²) in [4.78, 5) is 19.2. The van der Waals surface area contributed by atoms with Crippen molar-refractivity contribution >= 4 is 17.1 Å². The first kappa shape index (κ1) is 14.3. The van der Waals surface area contributed by atoms with E-state index in [1.54, 1.807) is 20.8 Å². The summed E-state index contributed by atoms with van der Waals surface area (Å²) in [6.45, 7) is 5.07. The van der Waals surface area contributed by atoms with Crippen LogP contribution in [0.4, 0.5) is 4.79 Å². The van der Waals surface area contributed by atoms with Gasteiger partial charge in [-0.3, -0.25) is 0 Å². The standard InChI is InChI=1S/C14H19N3O3/c1-14(2,3)20-13(19)17-11(8-18)12-15-9-6-4-5-7-10(9)16-12/h4-7,11,18H,8H2,1-3H3,(H,15,16)(H,17,19)/t11-/m1/s1. The maximum Gasteiger partial charge on any atom is 0.408 e. The van der Waals surface area contributed by atoms with E-state index < -0.39 is 17.7 Å². The Labute approximate surface area is 117 Å². The molecule has 0 bridgehead atoms. The van der Waals surface area contributed by atoms with Crippen LogP contribution in [-0.4, -0.2) is 33.4 Å². The van der Waals surface area contributed by atoms with Gasteiger partial charge in [0.2, 0.25) is 0 Å². The minimum Gasteiger partial charge on any atom is -0.444 e. The van der Waals surface area contributed by atoms with Crippen molar-refractivity contribution in [1.82, 2.24) is 15.3 Å². The van der Waals surface area contributed by atoms with Gasteiger partial charge in [-0.05, 0) is 32.9 Å². The Morgan fingerprint density at radius 1 is 1.45 bits per heavy atom. The highest BCUT2D eigenvalue weighted by Crippen LogP contribution is 2.16. The number of carbonyl (C=O) groups excluding carboxylic acids is 1. The van der Waals surface area contributed by atoms with Crippen LogP contribution in [-0.2, 0) is 4.74 Å². The lowest BCUT2D eigenvalue weighted by Gasteiger charge is -2.21. The van der Waals surface area contributed by atoms with E-state index in [0.717, 1.165) is 11.0 Å². The SMILES string of the molecule is CC(C)(C)OC(=O)N[C@H](CO)c1nc2ccccc2[nH]1. The number of benzene rings is 1. The number of aliphatic hydroxyl groups is 1. The molecule has 1 amide bonds. The van der Waals surface area contributed by atoms with Crippen LogP contribution >= 0.6 is 0 Å². The van der Waals surface area contributed by atoms with Gasteiger partial charge in [-0.1, -0.05) is 12.1 Å². The zero-order chi connectivity index (χ0) is 14.8. The summed E-state index contributed by atoms with van der Waals surface area (Å²) in [6, 6.07) is 6.88. The molecule has 0 saturated heterocycles. The number of aliphatic hydroxyl groups excluding tert-OH is 1. The van der Waals surface area contributed by atoms with Crippen LogP contribution < -0.4 is 5.32 Å². The van der Waals surface area contributed by atoms with Gasteiger partial charge in [-0.15, -0.1) is 0 Å². The number of aromatic amines is 1. The summed E-state index contributed by atoms with van der Waals surface area (Å²) in [6.07, 6.45) is -0.586. The van der Waals surface area contributed by atoms with E-state index in [4.69, 9.17) is 4.74 Å². The summed E-state index contributed by atoms with van der Waals surface area (Å²) in [7, 11) is 0. The van der Waals surface area contributed by atoms with Crippen LogP contribution in [0.3, 0.4) is 0 Å². The monoisotopic (exact) mass is 277 g/mol. The fourth-order valence-electron chi connectivity index (χ4n) is 1.79. The van der Waals surface area contributed by atoms with E-state index in [1.807, 2.05) is 24.3 Å². The molecule has 2 aromatic rings. The third-order valence-corrected chi connectivity index (χ3v) is 2.61. The van der Waals surface area contributed by atoms with E-state index in [9.17, 15) is 9.90 Å². The Morgan fingerprint density at radius 3 is 2.75 bits per heavy atom. The number of hydrogen-bond acceptors (Lipinski definition) is 4. The zero-order valence-electron chi connectivity index (χ0n) is 11.8. The molecule has 1 heterocycles. The number of fused-ring (bicyclic) bond motifs is 1. The van der Waals surface area contributed by atoms with Gasteiger partial charge in [0.15, 0.2) is 0 Å². The number of H-pyrrole nitrogens is 1. The maximum atomic E-state index is 11.7. The summed E-state index contributed by atoms with van der Waals surface area (Å²) >= 11 is 0. The highest BCUT2D eigenvalue weighted by Gasteiger charge is 2.22. The third-order valence-electron chi connectivity index (χ3n) is 2.61. The molecular weight excluding hydrogens is 258 g/mol. The molecular formula is C14H19N3O3. The van der Waals surface area contributed by atoms with Crippen LogP contribution in [0.25, 0.3) is 11.0 Å². The van der Waals surface area contributed by atoms with Crippen LogP contribution in [0, 0.1) is 0 Å². The Bertz CT molecular complexity index is 568. The average molecular weight is 277 g/mol. The molecule has 6 heteroatoms. The highest BCUT2D eigenvalue weighted by molar-refractivity contribution is 5.75. The van der Waals surface area contributed by atoms with Gasteiger partial charge in [-0.2, -0.15) is 0 Å². The molecule has 0 saturated carbocycles. The van der Waals surface area contributed by atoms with Crippen molar-refractivity contribution < 1.29 is 14.6 Å². The molecule has 0 aliphatic rings. The fraction of sp³-hybridized carbons (Fsp3) is 0.429. The number of hydrogen-bond donors (Lipinski definition) is 3. The molecule has 1 aromatic heterocycles. The third kappa shape index (κ3) is 3.48. The number of rotatable bonds is 3. The van der Waals surface area contributed by atoms with Crippen LogP contribution in [0.1, 0.15) is 32.6 Å². The lowest BCUT2D eigenvalue weighted by molar-refractivity contribution is 0.0478. The molecule has 20 heavy (non-hydrogen) atoms. The molecule has 6 nitrogen and oxygen atoms in total. The molecule has 0 aliphatic carbocycles. The molecule has 0 aliphatic heterocycles. The predicted octanol–water partition coefficient (Wildman–Crippen LogP) is 2.12. The second kappa shape index (κ2) is 5.50. The van der Waals surface area contributed by atoms with Crippen LogP contribution in [0.15, 0.2) is 24.3 Å². The highest BCUT2D eigenvalue weighted by atomic mass is 16.6. The largest absolute Gasteiger partial charge is 0.444 e. The lowest BCUT2D eigenvalue weighted by atomic mass is 10.2. The molecule has 1 aromatic carbocycles. The van der Waals surface area contributed by atoms with E-state index in [-0.39, 0.29) is 6.61 Å². The van der Waals surface area contributed by atoms with Crippen molar-refractivity contribution in [3.63, 3.8) is 0 Å². The van der Waals surface area contributed by atoms with E-state index in [0.29, 0.717) is 5.82 Å². The van der Waals surface area contributed by atoms with Gasteiger partial charge < -0.3 is 20.1 Å². The van der Waals surface area contributed by atoms with Crippen LogP contribution in [0.5, 0.6) is 0 Å². The fourth-order valence-corrected chi connectivity index (χ4v) is 1.79. The minimum absolute atomic E-state index is 0.265. The Morgan fingerprint density at radius 2 is 2.15 bits per heavy atom. The average Bonchev–Trinajstić information content (AvgIpc) is 2.77. The summed E-state index contributed by atoms with van der Waals surface area (Å²) in [5.41, 5.74) is 1.05. The molecule has 0 spiro atoms. The number of alkyl carbamates (subject to hydrolysis) is 1. The van der Waals surface area contributed by atoms with Gasteiger partial charge in [0, 0.05) is 0 Å². The van der Waals surface area contributed by atoms with Gasteiger partial charge in [0.25, 0.3) is 0 Å². The van der Waals surface area contributed by atoms with Gasteiger partial charge in [0.05, 0.1) is 17.6 Å². The Hall–Kier alpha value is -2.08. The normalized spacial score (nSPS) is 13.2. The van der Waals surface area contributed by atoms with E-state index >= 15 is 0 Å². The summed E-state index contributed by atoms with van der Waals surface area (Å²) in [5, 5.41) is 12.0. The van der Waals surface area contributed by atoms with Crippen molar-refractivity contribution in [2.24, 2.45) is 0 Å². The molecule has 2 rings (SSSR count). The van der Waals surface area contributed by atoms with Crippen molar-refractivity contribution in [3.8, 4) is 0 Å². The minimum atomic E-state index is -0.628. The number of para-hydroxylation sites is 2. The molecule has 3 N–H and O–H groups in total. The molecule has 0 fully saturated rings. The molecule has 1 atom stereocenters. The van der Waals surface area contributed by atoms with Gasteiger partial charge in [0.1, 0.15) is 17.5 Å². The Kier molecular flexibility index (Phi) is 3.94. The maximum absolute atomic E-state index is 11.7. The first-order chi connectivity index (χ1) is 9.39. The molecule has 0 radical (unpaired) electrons. The quantitative estimate of drug-likeness (QED) is 0.802. The lowest BCUT2D eigenvalue weighted by Crippen LogP contribution is -2.36. The van der Waals surface area contributed by atoms with Crippen molar-refractivity contribution in [3.05, 3.63) is 30.1 Å². The van der Waals surface area contributed by atoms with Gasteiger partial charge in [-0.25, -0.2) is 9.78 Å². The number of aromatic nitrogens is 2. The number of imidazole rings is 1. The van der Waals surface area contributed by atoms with Crippen molar-refractivity contribution in [2.45, 2.75) is 32.4 Å². The number of nitrogens with zero attached hydrogens (tertiary/aromatic N) is 1. The first-order valence-electron chi connectivity index (χ1n) is 6.44.